The van der Waals surface area contributed by atoms with Crippen LogP contribution in [0.25, 0.3) is 0 Å². The van der Waals surface area contributed by atoms with Gasteiger partial charge < -0.3 is 10.1 Å². The van der Waals surface area contributed by atoms with Crippen molar-refractivity contribution < 1.29 is 9.53 Å². The zero-order valence-corrected chi connectivity index (χ0v) is 12.1. The van der Waals surface area contributed by atoms with Crippen LogP contribution in [-0.2, 0) is 9.53 Å². The minimum absolute atomic E-state index is 0.143. The van der Waals surface area contributed by atoms with Crippen LogP contribution in [0.3, 0.4) is 0 Å². The lowest BCUT2D eigenvalue weighted by Crippen LogP contribution is -2.36. The molecule has 0 saturated carbocycles. The molecule has 0 amide bonds. The minimum Gasteiger partial charge on any atom is -0.469 e. The molecule has 0 aromatic heterocycles. The molecule has 2 unspecified atom stereocenters. The fourth-order valence-electron chi connectivity index (χ4n) is 2.59. The number of hydrogen-bond donors (Lipinski definition) is 1. The van der Waals surface area contributed by atoms with E-state index in [9.17, 15) is 4.79 Å². The van der Waals surface area contributed by atoms with Gasteiger partial charge in [-0.25, -0.2) is 0 Å². The molecule has 2 atom stereocenters. The van der Waals surface area contributed by atoms with Gasteiger partial charge in [0.05, 0.1) is 13.0 Å². The summed E-state index contributed by atoms with van der Waals surface area (Å²) in [5.74, 6) is -0.0149. The highest BCUT2D eigenvalue weighted by Gasteiger charge is 2.32. The summed E-state index contributed by atoms with van der Waals surface area (Å²) in [5.41, 5.74) is 1.03. The van der Waals surface area contributed by atoms with E-state index < -0.39 is 0 Å². The molecule has 4 heteroatoms. The summed E-state index contributed by atoms with van der Waals surface area (Å²) in [6, 6.07) is 7.90. The summed E-state index contributed by atoms with van der Waals surface area (Å²) in [4.78, 5) is 12.1. The molecule has 0 bridgehead atoms. The number of hydrogen-bond acceptors (Lipinski definition) is 3. The van der Waals surface area contributed by atoms with Gasteiger partial charge in [-0.2, -0.15) is 0 Å². The van der Waals surface area contributed by atoms with Crippen LogP contribution in [0.1, 0.15) is 24.3 Å². The lowest BCUT2D eigenvalue weighted by atomic mass is 9.81. The Bertz CT molecular complexity index is 416. The summed E-state index contributed by atoms with van der Waals surface area (Å²) in [6.07, 6.45) is 2.18. The highest BCUT2D eigenvalue weighted by Crippen LogP contribution is 2.34. The third-order valence-corrected chi connectivity index (χ3v) is 4.22. The van der Waals surface area contributed by atoms with Crippen LogP contribution >= 0.6 is 15.9 Å². The predicted octanol–water partition coefficient (Wildman–Crippen LogP) is 2.71. The van der Waals surface area contributed by atoms with Crippen LogP contribution in [0.2, 0.25) is 0 Å². The van der Waals surface area contributed by atoms with Crippen molar-refractivity contribution in [3.8, 4) is 0 Å². The molecule has 1 aliphatic rings. The lowest BCUT2D eigenvalue weighted by molar-refractivity contribution is -0.144. The van der Waals surface area contributed by atoms with Gasteiger partial charge in [-0.1, -0.05) is 34.1 Å². The quantitative estimate of drug-likeness (QED) is 0.872. The van der Waals surface area contributed by atoms with E-state index in [-0.39, 0.29) is 11.9 Å². The van der Waals surface area contributed by atoms with Gasteiger partial charge in [0.25, 0.3) is 0 Å². The third-order valence-electron chi connectivity index (χ3n) is 3.50. The molecular weight excluding hydrogens is 294 g/mol. The Hall–Kier alpha value is -0.870. The largest absolute Gasteiger partial charge is 0.469 e. The van der Waals surface area contributed by atoms with Crippen molar-refractivity contribution in [2.24, 2.45) is 5.92 Å². The number of nitrogens with one attached hydrogen (secondary N) is 1. The van der Waals surface area contributed by atoms with E-state index in [4.69, 9.17) is 4.74 Å². The number of esters is 1. The number of carbonyl (C=O) groups is 1. The van der Waals surface area contributed by atoms with E-state index in [1.54, 1.807) is 0 Å². The molecule has 98 valence electrons. The average molecular weight is 312 g/mol. The summed E-state index contributed by atoms with van der Waals surface area (Å²) in [6.45, 7) is 1.92. The number of benzene rings is 1. The number of ether oxygens (including phenoxy) is 1. The zero-order valence-electron chi connectivity index (χ0n) is 10.5. The molecule has 1 N–H and O–H groups in total. The van der Waals surface area contributed by atoms with Crippen molar-refractivity contribution in [1.29, 1.82) is 0 Å². The summed E-state index contributed by atoms with van der Waals surface area (Å²) < 4.78 is 5.97. The van der Waals surface area contributed by atoms with E-state index in [0.717, 1.165) is 36.0 Å². The van der Waals surface area contributed by atoms with Crippen molar-refractivity contribution in [3.05, 3.63) is 34.3 Å². The van der Waals surface area contributed by atoms with E-state index in [0.29, 0.717) is 5.92 Å². The lowest BCUT2D eigenvalue weighted by Gasteiger charge is -2.29. The first-order chi connectivity index (χ1) is 8.74. The fourth-order valence-corrected chi connectivity index (χ4v) is 3.12. The maximum atomic E-state index is 12.1. The Balaban J connectivity index is 2.30. The molecule has 0 radical (unpaired) electrons. The van der Waals surface area contributed by atoms with Crippen LogP contribution in [0.15, 0.2) is 28.7 Å². The van der Waals surface area contributed by atoms with Crippen molar-refractivity contribution in [2.45, 2.75) is 18.8 Å². The molecule has 0 aliphatic carbocycles. The molecule has 1 aromatic carbocycles. The number of piperidine rings is 1. The zero-order chi connectivity index (χ0) is 13.0. The Labute approximate surface area is 116 Å². The monoisotopic (exact) mass is 311 g/mol. The van der Waals surface area contributed by atoms with Gasteiger partial charge in [0.2, 0.25) is 0 Å². The first kappa shape index (κ1) is 13.6. The van der Waals surface area contributed by atoms with Crippen molar-refractivity contribution >= 4 is 21.9 Å². The molecule has 1 aromatic rings. The van der Waals surface area contributed by atoms with Crippen molar-refractivity contribution in [1.82, 2.24) is 5.32 Å². The third kappa shape index (κ3) is 2.93. The molecular formula is C14H18BrNO2. The molecule has 2 rings (SSSR count). The van der Waals surface area contributed by atoms with Crippen LogP contribution in [-0.4, -0.2) is 26.2 Å². The summed E-state index contributed by atoms with van der Waals surface area (Å²) in [7, 11) is 1.46. The second kappa shape index (κ2) is 6.34. The average Bonchev–Trinajstić information content (AvgIpc) is 2.42. The Morgan fingerprint density at radius 1 is 1.50 bits per heavy atom. The highest BCUT2D eigenvalue weighted by atomic mass is 79.9. The van der Waals surface area contributed by atoms with E-state index in [2.05, 4.69) is 21.2 Å². The minimum atomic E-state index is -0.182. The van der Waals surface area contributed by atoms with Gasteiger partial charge in [-0.3, -0.25) is 4.79 Å². The molecule has 1 saturated heterocycles. The standard InChI is InChI=1S/C14H18BrNO2/c1-18-14(17)13(10-5-4-8-16-9-10)11-6-2-3-7-12(11)15/h2-3,6-7,10,13,16H,4-5,8-9H2,1H3. The van der Waals surface area contributed by atoms with Crippen molar-refractivity contribution in [2.75, 3.05) is 20.2 Å². The second-order valence-electron chi connectivity index (χ2n) is 4.63. The molecule has 1 aliphatic heterocycles. The van der Waals surface area contributed by atoms with Crippen LogP contribution in [0.5, 0.6) is 0 Å². The molecule has 1 heterocycles. The Morgan fingerprint density at radius 2 is 2.28 bits per heavy atom. The van der Waals surface area contributed by atoms with Gasteiger partial charge >= 0.3 is 5.97 Å². The molecule has 3 nitrogen and oxygen atoms in total. The Kier molecular flexibility index (Phi) is 4.78. The number of halogens is 1. The van der Waals surface area contributed by atoms with E-state index >= 15 is 0 Å². The smallest absolute Gasteiger partial charge is 0.313 e. The normalized spacial score (nSPS) is 21.3. The predicted molar refractivity (Wildman–Crippen MR) is 74.5 cm³/mol. The van der Waals surface area contributed by atoms with Gasteiger partial charge in [-0.05, 0) is 43.5 Å². The van der Waals surface area contributed by atoms with Gasteiger partial charge in [0.15, 0.2) is 0 Å². The highest BCUT2D eigenvalue weighted by molar-refractivity contribution is 9.10. The number of rotatable bonds is 3. The maximum absolute atomic E-state index is 12.1. The number of methoxy groups -OCH3 is 1. The fraction of sp³-hybridized carbons (Fsp3) is 0.500. The van der Waals surface area contributed by atoms with Crippen LogP contribution < -0.4 is 5.32 Å². The molecule has 1 fully saturated rings. The van der Waals surface area contributed by atoms with Gasteiger partial charge in [0, 0.05) is 4.47 Å². The van der Waals surface area contributed by atoms with Crippen LogP contribution in [0, 0.1) is 5.92 Å². The van der Waals surface area contributed by atoms with Gasteiger partial charge in [0.1, 0.15) is 0 Å². The SMILES string of the molecule is COC(=O)C(c1ccccc1Br)C1CCCNC1. The first-order valence-electron chi connectivity index (χ1n) is 6.27. The first-order valence-corrected chi connectivity index (χ1v) is 7.06. The maximum Gasteiger partial charge on any atom is 0.313 e. The van der Waals surface area contributed by atoms with Gasteiger partial charge in [-0.15, -0.1) is 0 Å². The van der Waals surface area contributed by atoms with Crippen molar-refractivity contribution in [3.63, 3.8) is 0 Å². The second-order valence-corrected chi connectivity index (χ2v) is 5.48. The number of carbonyl (C=O) groups excluding carboxylic acids is 1. The topological polar surface area (TPSA) is 38.3 Å². The summed E-state index contributed by atoms with van der Waals surface area (Å²) in [5, 5.41) is 3.36. The van der Waals surface area contributed by atoms with E-state index in [1.807, 2.05) is 24.3 Å². The van der Waals surface area contributed by atoms with Crippen LogP contribution in [0.4, 0.5) is 0 Å². The Morgan fingerprint density at radius 3 is 2.89 bits per heavy atom. The molecule has 0 spiro atoms. The van der Waals surface area contributed by atoms with E-state index in [1.165, 1.54) is 7.11 Å². The summed E-state index contributed by atoms with van der Waals surface area (Å²) >= 11 is 3.53. The molecule has 18 heavy (non-hydrogen) atoms.